The van der Waals surface area contributed by atoms with Gasteiger partial charge in [-0.3, -0.25) is 9.69 Å². The minimum atomic E-state index is -2.93. The van der Waals surface area contributed by atoms with Gasteiger partial charge in [0, 0.05) is 26.2 Å². The molecule has 1 rings (SSSR count). The maximum atomic E-state index is 11.4. The molecule has 0 bridgehead atoms. The van der Waals surface area contributed by atoms with Crippen LogP contribution >= 0.6 is 0 Å². The highest BCUT2D eigenvalue weighted by Gasteiger charge is 2.32. The van der Waals surface area contributed by atoms with Gasteiger partial charge in [-0.25, -0.2) is 8.42 Å². The van der Waals surface area contributed by atoms with Crippen molar-refractivity contribution in [1.29, 1.82) is 0 Å². The summed E-state index contributed by atoms with van der Waals surface area (Å²) in [5.41, 5.74) is 0. The molecule has 6 nitrogen and oxygen atoms in total. The van der Waals surface area contributed by atoms with E-state index in [0.29, 0.717) is 26.1 Å². The Kier molecular flexibility index (Phi) is 5.35. The first kappa shape index (κ1) is 14.4. The molecule has 0 aromatic heterocycles. The Morgan fingerprint density at radius 3 is 2.65 bits per heavy atom. The van der Waals surface area contributed by atoms with Gasteiger partial charge in [0.15, 0.2) is 9.84 Å². The maximum absolute atomic E-state index is 11.4. The first-order valence-electron chi connectivity index (χ1n) is 5.60. The second kappa shape index (κ2) is 6.32. The van der Waals surface area contributed by atoms with Crippen molar-refractivity contribution in [3.05, 3.63) is 0 Å². The Morgan fingerprint density at radius 2 is 2.18 bits per heavy atom. The zero-order chi connectivity index (χ0) is 12.9. The number of aliphatic carboxylic acids is 1. The number of methoxy groups -OCH3 is 1. The first-order chi connectivity index (χ1) is 7.94. The molecule has 0 radical (unpaired) electrons. The number of carboxylic acids is 1. The highest BCUT2D eigenvalue weighted by Crippen LogP contribution is 2.17. The minimum absolute atomic E-state index is 0.0280. The topological polar surface area (TPSA) is 83.9 Å². The average molecular weight is 265 g/mol. The van der Waals surface area contributed by atoms with Crippen LogP contribution in [0, 0.1) is 0 Å². The molecule has 0 amide bonds. The third kappa shape index (κ3) is 5.01. The van der Waals surface area contributed by atoms with Crippen LogP contribution in [0.5, 0.6) is 0 Å². The van der Waals surface area contributed by atoms with Crippen molar-refractivity contribution in [2.75, 3.05) is 38.3 Å². The van der Waals surface area contributed by atoms with Gasteiger partial charge >= 0.3 is 5.97 Å². The predicted molar refractivity (Wildman–Crippen MR) is 62.8 cm³/mol. The lowest BCUT2D eigenvalue weighted by atomic mass is 10.2. The molecule has 7 heteroatoms. The van der Waals surface area contributed by atoms with Gasteiger partial charge in [0.2, 0.25) is 0 Å². The lowest BCUT2D eigenvalue weighted by Gasteiger charge is -2.26. The molecule has 0 spiro atoms. The number of hydrogen-bond donors (Lipinski definition) is 1. The number of sulfone groups is 1. The fourth-order valence-electron chi connectivity index (χ4n) is 1.99. The summed E-state index contributed by atoms with van der Waals surface area (Å²) in [7, 11) is -1.36. The standard InChI is InChI=1S/C10H19NO5S/c1-16-6-5-11(4-2-10(12)13)9-3-7-17(14,15)8-9/h9H,2-8H2,1H3,(H,12,13). The fraction of sp³-hybridized carbons (Fsp3) is 0.900. The third-order valence-corrected chi connectivity index (χ3v) is 4.67. The lowest BCUT2D eigenvalue weighted by molar-refractivity contribution is -0.137. The van der Waals surface area contributed by atoms with Crippen molar-refractivity contribution in [3.63, 3.8) is 0 Å². The Hall–Kier alpha value is -0.660. The molecular weight excluding hydrogens is 246 g/mol. The molecule has 1 unspecified atom stereocenters. The highest BCUT2D eigenvalue weighted by atomic mass is 32.2. The molecule has 1 heterocycles. The smallest absolute Gasteiger partial charge is 0.304 e. The van der Waals surface area contributed by atoms with Gasteiger partial charge in [0.05, 0.1) is 24.5 Å². The van der Waals surface area contributed by atoms with Gasteiger partial charge in [0.1, 0.15) is 0 Å². The van der Waals surface area contributed by atoms with Crippen LogP contribution in [0.1, 0.15) is 12.8 Å². The highest BCUT2D eigenvalue weighted by molar-refractivity contribution is 7.91. The van der Waals surface area contributed by atoms with Gasteiger partial charge in [-0.05, 0) is 6.42 Å². The zero-order valence-corrected chi connectivity index (χ0v) is 10.8. The van der Waals surface area contributed by atoms with Crippen LogP contribution in [-0.2, 0) is 19.4 Å². The van der Waals surface area contributed by atoms with Crippen LogP contribution in [0.2, 0.25) is 0 Å². The quantitative estimate of drug-likeness (QED) is 0.674. The SMILES string of the molecule is COCCN(CCC(=O)O)C1CCS(=O)(=O)C1. The monoisotopic (exact) mass is 265 g/mol. The number of carboxylic acid groups (broad SMARTS) is 1. The van der Waals surface area contributed by atoms with Crippen LogP contribution in [0.25, 0.3) is 0 Å². The van der Waals surface area contributed by atoms with Crippen molar-refractivity contribution in [2.45, 2.75) is 18.9 Å². The van der Waals surface area contributed by atoms with E-state index < -0.39 is 15.8 Å². The summed E-state index contributed by atoms with van der Waals surface area (Å²) in [6.07, 6.45) is 0.617. The molecule has 1 aliphatic rings. The van der Waals surface area contributed by atoms with Crippen molar-refractivity contribution in [1.82, 2.24) is 4.90 Å². The maximum Gasteiger partial charge on any atom is 0.304 e. The summed E-state index contributed by atoms with van der Waals surface area (Å²) >= 11 is 0. The third-order valence-electron chi connectivity index (χ3n) is 2.92. The Balaban J connectivity index is 2.53. The number of rotatable bonds is 7. The van der Waals surface area contributed by atoms with Crippen LogP contribution in [0.3, 0.4) is 0 Å². The molecule has 0 aliphatic carbocycles. The number of nitrogens with zero attached hydrogens (tertiary/aromatic N) is 1. The van der Waals surface area contributed by atoms with Gasteiger partial charge in [0.25, 0.3) is 0 Å². The molecule has 0 aromatic carbocycles. The second-order valence-electron chi connectivity index (χ2n) is 4.23. The number of hydrogen-bond acceptors (Lipinski definition) is 5. The molecule has 0 saturated carbocycles. The molecule has 1 saturated heterocycles. The summed E-state index contributed by atoms with van der Waals surface area (Å²) in [6, 6.07) is -0.0606. The molecular formula is C10H19NO5S. The summed E-state index contributed by atoms with van der Waals surface area (Å²) < 4.78 is 27.7. The van der Waals surface area contributed by atoms with Crippen LogP contribution in [0.4, 0.5) is 0 Å². The van der Waals surface area contributed by atoms with Crippen molar-refractivity contribution in [2.24, 2.45) is 0 Å². The van der Waals surface area contributed by atoms with E-state index in [9.17, 15) is 13.2 Å². The van der Waals surface area contributed by atoms with Crippen LogP contribution < -0.4 is 0 Å². The molecule has 17 heavy (non-hydrogen) atoms. The lowest BCUT2D eigenvalue weighted by Crippen LogP contribution is -2.39. The Labute approximate surface area is 101 Å². The summed E-state index contributed by atoms with van der Waals surface area (Å²) in [5.74, 6) is -0.529. The summed E-state index contributed by atoms with van der Waals surface area (Å²) in [6.45, 7) is 1.43. The van der Waals surface area contributed by atoms with Gasteiger partial charge in [-0.1, -0.05) is 0 Å². The van der Waals surface area contributed by atoms with E-state index in [1.807, 2.05) is 4.90 Å². The normalized spacial score (nSPS) is 23.1. The van der Waals surface area contributed by atoms with Crippen LogP contribution in [0.15, 0.2) is 0 Å². The van der Waals surface area contributed by atoms with E-state index in [0.717, 1.165) is 0 Å². The largest absolute Gasteiger partial charge is 0.481 e. The van der Waals surface area contributed by atoms with E-state index in [1.165, 1.54) is 0 Å². The minimum Gasteiger partial charge on any atom is -0.481 e. The Bertz CT molecular complexity index is 354. The summed E-state index contributed by atoms with van der Waals surface area (Å²) in [4.78, 5) is 12.4. The molecule has 1 fully saturated rings. The molecule has 100 valence electrons. The zero-order valence-electron chi connectivity index (χ0n) is 9.96. The van der Waals surface area contributed by atoms with Gasteiger partial charge in [-0.2, -0.15) is 0 Å². The van der Waals surface area contributed by atoms with Crippen molar-refractivity contribution < 1.29 is 23.1 Å². The van der Waals surface area contributed by atoms with E-state index in [4.69, 9.17) is 9.84 Å². The molecule has 0 aromatic rings. The first-order valence-corrected chi connectivity index (χ1v) is 7.42. The number of carbonyl (C=O) groups is 1. The van der Waals surface area contributed by atoms with Gasteiger partial charge in [-0.15, -0.1) is 0 Å². The van der Waals surface area contributed by atoms with Crippen molar-refractivity contribution in [3.8, 4) is 0 Å². The van der Waals surface area contributed by atoms with E-state index in [-0.39, 0.29) is 24.0 Å². The molecule has 1 N–H and O–H groups in total. The number of ether oxygens (including phenoxy) is 1. The van der Waals surface area contributed by atoms with Crippen molar-refractivity contribution >= 4 is 15.8 Å². The van der Waals surface area contributed by atoms with Gasteiger partial charge < -0.3 is 9.84 Å². The predicted octanol–water partition coefficient (Wildman–Crippen LogP) is -0.403. The summed E-state index contributed by atoms with van der Waals surface area (Å²) in [5, 5.41) is 8.66. The van der Waals surface area contributed by atoms with E-state index in [2.05, 4.69) is 0 Å². The second-order valence-corrected chi connectivity index (χ2v) is 6.46. The van der Waals surface area contributed by atoms with E-state index in [1.54, 1.807) is 7.11 Å². The Morgan fingerprint density at radius 1 is 1.47 bits per heavy atom. The molecule has 1 aliphatic heterocycles. The van der Waals surface area contributed by atoms with E-state index >= 15 is 0 Å². The average Bonchev–Trinajstić information content (AvgIpc) is 2.58. The molecule has 1 atom stereocenters. The van der Waals surface area contributed by atoms with Crippen LogP contribution in [-0.4, -0.2) is 68.7 Å². The fourth-order valence-corrected chi connectivity index (χ4v) is 3.75.